The third-order valence-electron chi connectivity index (χ3n) is 3.72. The summed E-state index contributed by atoms with van der Waals surface area (Å²) in [6.45, 7) is 6.25. The fourth-order valence-corrected chi connectivity index (χ4v) is 2.45. The van der Waals surface area contributed by atoms with Gasteiger partial charge in [-0.15, -0.1) is 0 Å². The van der Waals surface area contributed by atoms with Crippen LogP contribution >= 0.6 is 0 Å². The Morgan fingerprint density at radius 1 is 0.960 bits per heavy atom. The van der Waals surface area contributed by atoms with Crippen LogP contribution in [0.15, 0.2) is 47.2 Å². The molecule has 2 N–H and O–H groups in total. The van der Waals surface area contributed by atoms with Gasteiger partial charge in [0.25, 0.3) is 0 Å². The van der Waals surface area contributed by atoms with Crippen molar-refractivity contribution in [3.63, 3.8) is 0 Å². The van der Waals surface area contributed by atoms with E-state index in [0.717, 1.165) is 50.7 Å². The highest BCUT2D eigenvalue weighted by molar-refractivity contribution is 6.27. The lowest BCUT2D eigenvalue weighted by molar-refractivity contribution is -0.159. The van der Waals surface area contributed by atoms with Gasteiger partial charge in [-0.25, -0.2) is 9.59 Å². The maximum atomic E-state index is 9.10. The van der Waals surface area contributed by atoms with Gasteiger partial charge in [-0.3, -0.25) is 14.8 Å². The molecule has 8 nitrogen and oxygen atoms in total. The smallest absolute Gasteiger partial charge is 0.414 e. The Kier molecular flexibility index (Phi) is 7.12. The molecule has 1 fully saturated rings. The number of aliphatic carboxylic acids is 2. The standard InChI is InChI=1S/C15H19N3O.C2H2O4/c1-2-6-16-14(4-1)12-17-7-9-18(10-8-17)13-15-5-3-11-19-15;3-1(4)2(5)6/h1-6,11H,7-10,12-13H2;(H,3,4)(H,5,6). The van der Waals surface area contributed by atoms with E-state index in [1.54, 1.807) is 6.26 Å². The van der Waals surface area contributed by atoms with Crippen molar-refractivity contribution in [2.24, 2.45) is 0 Å². The van der Waals surface area contributed by atoms with Gasteiger partial charge in [0.05, 0.1) is 18.5 Å². The van der Waals surface area contributed by atoms with E-state index < -0.39 is 11.9 Å². The second-order valence-corrected chi connectivity index (χ2v) is 5.56. The molecule has 0 unspecified atom stereocenters. The van der Waals surface area contributed by atoms with Crippen LogP contribution in [0, 0.1) is 0 Å². The van der Waals surface area contributed by atoms with Crippen LogP contribution in [0.1, 0.15) is 11.5 Å². The number of rotatable bonds is 4. The average Bonchev–Trinajstić information content (AvgIpc) is 3.11. The predicted octanol–water partition coefficient (Wildman–Crippen LogP) is 1.15. The number of hydrogen-bond acceptors (Lipinski definition) is 6. The van der Waals surface area contributed by atoms with Gasteiger partial charge >= 0.3 is 11.9 Å². The summed E-state index contributed by atoms with van der Waals surface area (Å²) >= 11 is 0. The van der Waals surface area contributed by atoms with Crippen LogP contribution in [0.3, 0.4) is 0 Å². The van der Waals surface area contributed by atoms with Gasteiger partial charge in [-0.05, 0) is 24.3 Å². The van der Waals surface area contributed by atoms with Crippen molar-refractivity contribution in [1.29, 1.82) is 0 Å². The summed E-state index contributed by atoms with van der Waals surface area (Å²) in [7, 11) is 0. The van der Waals surface area contributed by atoms with E-state index in [2.05, 4.69) is 26.9 Å². The van der Waals surface area contributed by atoms with Gasteiger partial charge in [0.2, 0.25) is 0 Å². The first-order valence-corrected chi connectivity index (χ1v) is 7.88. The Balaban J connectivity index is 0.000000326. The minimum atomic E-state index is -1.82. The van der Waals surface area contributed by atoms with Crippen LogP contribution < -0.4 is 0 Å². The zero-order valence-corrected chi connectivity index (χ0v) is 13.7. The van der Waals surface area contributed by atoms with Gasteiger partial charge < -0.3 is 14.6 Å². The molecule has 0 bridgehead atoms. The maximum Gasteiger partial charge on any atom is 0.414 e. The quantitative estimate of drug-likeness (QED) is 0.793. The van der Waals surface area contributed by atoms with Crippen LogP contribution in [0.4, 0.5) is 0 Å². The highest BCUT2D eigenvalue weighted by atomic mass is 16.4. The second-order valence-electron chi connectivity index (χ2n) is 5.56. The Hall–Kier alpha value is -2.71. The molecule has 25 heavy (non-hydrogen) atoms. The molecule has 0 aliphatic carbocycles. The number of piperazine rings is 1. The topological polar surface area (TPSA) is 107 Å². The third kappa shape index (κ3) is 6.74. The summed E-state index contributed by atoms with van der Waals surface area (Å²) in [6.07, 6.45) is 3.61. The summed E-state index contributed by atoms with van der Waals surface area (Å²) in [5.74, 6) is -2.59. The van der Waals surface area contributed by atoms with Gasteiger partial charge in [0.15, 0.2) is 0 Å². The van der Waals surface area contributed by atoms with Crippen LogP contribution in [-0.4, -0.2) is 63.1 Å². The lowest BCUT2D eigenvalue weighted by atomic mass is 10.2. The zero-order valence-electron chi connectivity index (χ0n) is 13.7. The number of hydrogen-bond donors (Lipinski definition) is 2. The highest BCUT2D eigenvalue weighted by Crippen LogP contribution is 2.10. The predicted molar refractivity (Wildman–Crippen MR) is 88.8 cm³/mol. The first kappa shape index (κ1) is 18.6. The van der Waals surface area contributed by atoms with Crippen molar-refractivity contribution in [2.75, 3.05) is 26.2 Å². The molecule has 1 aliphatic heterocycles. The third-order valence-corrected chi connectivity index (χ3v) is 3.72. The van der Waals surface area contributed by atoms with E-state index in [1.807, 2.05) is 24.4 Å². The zero-order chi connectivity index (χ0) is 18.1. The Bertz CT molecular complexity index is 640. The SMILES string of the molecule is O=C(O)C(=O)O.c1ccc(CN2CCN(Cc3ccco3)CC2)nc1. The van der Waals surface area contributed by atoms with Crippen LogP contribution in [0.5, 0.6) is 0 Å². The van der Waals surface area contributed by atoms with Crippen molar-refractivity contribution in [3.05, 3.63) is 54.2 Å². The molecule has 0 saturated carbocycles. The number of furan rings is 1. The molecule has 2 aromatic heterocycles. The minimum absolute atomic E-state index is 0.921. The number of aromatic nitrogens is 1. The fourth-order valence-electron chi connectivity index (χ4n) is 2.45. The maximum absolute atomic E-state index is 9.10. The molecule has 0 atom stereocenters. The highest BCUT2D eigenvalue weighted by Gasteiger charge is 2.17. The molecule has 0 aromatic carbocycles. The van der Waals surface area contributed by atoms with E-state index in [4.69, 9.17) is 24.2 Å². The van der Waals surface area contributed by atoms with E-state index in [0.29, 0.717) is 0 Å². The molecule has 1 aliphatic rings. The molecular formula is C17H21N3O5. The van der Waals surface area contributed by atoms with E-state index in [9.17, 15) is 0 Å². The minimum Gasteiger partial charge on any atom is -0.473 e. The van der Waals surface area contributed by atoms with Crippen LogP contribution in [0.2, 0.25) is 0 Å². The van der Waals surface area contributed by atoms with Crippen LogP contribution in [-0.2, 0) is 22.7 Å². The fraction of sp³-hybridized carbons (Fsp3) is 0.353. The van der Waals surface area contributed by atoms with Crippen molar-refractivity contribution in [2.45, 2.75) is 13.1 Å². The lowest BCUT2D eigenvalue weighted by Crippen LogP contribution is -2.45. The molecule has 2 aromatic rings. The van der Waals surface area contributed by atoms with Gasteiger partial charge in [-0.1, -0.05) is 6.07 Å². The number of carboxylic acid groups (broad SMARTS) is 2. The first-order chi connectivity index (χ1) is 12.0. The van der Waals surface area contributed by atoms with Gasteiger partial charge in [0.1, 0.15) is 5.76 Å². The number of carbonyl (C=O) groups is 2. The monoisotopic (exact) mass is 347 g/mol. The Morgan fingerprint density at radius 2 is 1.60 bits per heavy atom. The Morgan fingerprint density at radius 3 is 2.08 bits per heavy atom. The van der Waals surface area contributed by atoms with Crippen molar-refractivity contribution in [1.82, 2.24) is 14.8 Å². The van der Waals surface area contributed by atoms with Crippen molar-refractivity contribution >= 4 is 11.9 Å². The van der Waals surface area contributed by atoms with Gasteiger partial charge in [-0.2, -0.15) is 0 Å². The molecule has 0 amide bonds. The van der Waals surface area contributed by atoms with Gasteiger partial charge in [0, 0.05) is 38.9 Å². The number of carboxylic acids is 2. The average molecular weight is 347 g/mol. The molecule has 8 heteroatoms. The Labute approximate surface area is 145 Å². The lowest BCUT2D eigenvalue weighted by Gasteiger charge is -2.33. The molecule has 3 rings (SSSR count). The van der Waals surface area contributed by atoms with Crippen molar-refractivity contribution in [3.8, 4) is 0 Å². The second kappa shape index (κ2) is 9.55. The van der Waals surface area contributed by atoms with Crippen molar-refractivity contribution < 1.29 is 24.2 Å². The summed E-state index contributed by atoms with van der Waals surface area (Å²) in [4.78, 5) is 27.5. The largest absolute Gasteiger partial charge is 0.473 e. The number of pyridine rings is 1. The normalized spacial score (nSPS) is 15.2. The molecule has 1 saturated heterocycles. The summed E-state index contributed by atoms with van der Waals surface area (Å²) in [5.41, 5.74) is 1.15. The molecule has 0 spiro atoms. The summed E-state index contributed by atoms with van der Waals surface area (Å²) in [6, 6.07) is 10.1. The summed E-state index contributed by atoms with van der Waals surface area (Å²) in [5, 5.41) is 14.8. The van der Waals surface area contributed by atoms with E-state index in [-0.39, 0.29) is 0 Å². The first-order valence-electron chi connectivity index (χ1n) is 7.88. The molecular weight excluding hydrogens is 326 g/mol. The molecule has 134 valence electrons. The number of nitrogens with zero attached hydrogens (tertiary/aromatic N) is 3. The van der Waals surface area contributed by atoms with E-state index in [1.165, 1.54) is 0 Å². The molecule has 0 radical (unpaired) electrons. The van der Waals surface area contributed by atoms with Crippen LogP contribution in [0.25, 0.3) is 0 Å². The summed E-state index contributed by atoms with van der Waals surface area (Å²) < 4.78 is 5.39. The molecule has 3 heterocycles. The van der Waals surface area contributed by atoms with E-state index >= 15 is 0 Å².